The summed E-state index contributed by atoms with van der Waals surface area (Å²) in [5.74, 6) is 1.02. The Morgan fingerprint density at radius 1 is 1.43 bits per heavy atom. The monoisotopic (exact) mass is 293 g/mol. The van der Waals surface area contributed by atoms with E-state index in [0.29, 0.717) is 17.5 Å². The molecular formula is C12H15N5O4. The standard InChI is InChI=1S/C12H15N5O4/c1-19-6-8-10(12(18)20-2)14-16-17(8)5-9-13-11(15-21-9)7-3-4-7/h7H,3-6H2,1-2H3. The van der Waals surface area contributed by atoms with Gasteiger partial charge in [-0.3, -0.25) is 0 Å². The van der Waals surface area contributed by atoms with Gasteiger partial charge < -0.3 is 14.0 Å². The molecule has 3 rings (SSSR count). The van der Waals surface area contributed by atoms with Crippen LogP contribution >= 0.6 is 0 Å². The molecule has 21 heavy (non-hydrogen) atoms. The van der Waals surface area contributed by atoms with Crippen LogP contribution in [0.4, 0.5) is 0 Å². The first-order valence-electron chi connectivity index (χ1n) is 6.55. The number of methoxy groups -OCH3 is 2. The van der Waals surface area contributed by atoms with Gasteiger partial charge in [0.15, 0.2) is 11.5 Å². The molecule has 1 saturated carbocycles. The van der Waals surface area contributed by atoms with E-state index in [2.05, 4.69) is 25.2 Å². The quantitative estimate of drug-likeness (QED) is 0.710. The van der Waals surface area contributed by atoms with Gasteiger partial charge in [0.05, 0.1) is 19.4 Å². The number of nitrogens with zero attached hydrogens (tertiary/aromatic N) is 5. The Morgan fingerprint density at radius 3 is 2.90 bits per heavy atom. The van der Waals surface area contributed by atoms with Crippen molar-refractivity contribution >= 4 is 5.97 Å². The summed E-state index contributed by atoms with van der Waals surface area (Å²) in [6.45, 7) is 0.420. The molecule has 0 spiro atoms. The number of hydrogen-bond donors (Lipinski definition) is 0. The van der Waals surface area contributed by atoms with Crippen LogP contribution < -0.4 is 0 Å². The van der Waals surface area contributed by atoms with E-state index in [9.17, 15) is 4.79 Å². The van der Waals surface area contributed by atoms with Gasteiger partial charge in [-0.05, 0) is 12.8 Å². The molecular weight excluding hydrogens is 278 g/mol. The molecule has 0 unspecified atom stereocenters. The van der Waals surface area contributed by atoms with Crippen LogP contribution in [0.1, 0.15) is 46.7 Å². The van der Waals surface area contributed by atoms with Crippen LogP contribution in [-0.2, 0) is 22.6 Å². The average Bonchev–Trinajstić information content (AvgIpc) is 3.12. The molecule has 112 valence electrons. The highest BCUT2D eigenvalue weighted by Gasteiger charge is 2.29. The first-order valence-corrected chi connectivity index (χ1v) is 6.55. The van der Waals surface area contributed by atoms with Crippen molar-refractivity contribution in [2.24, 2.45) is 0 Å². The van der Waals surface area contributed by atoms with Crippen LogP contribution in [0.5, 0.6) is 0 Å². The number of hydrogen-bond acceptors (Lipinski definition) is 8. The van der Waals surface area contributed by atoms with Gasteiger partial charge in [0.25, 0.3) is 0 Å². The van der Waals surface area contributed by atoms with Crippen molar-refractivity contribution in [3.8, 4) is 0 Å². The molecule has 2 aromatic rings. The Kier molecular flexibility index (Phi) is 3.65. The summed E-state index contributed by atoms with van der Waals surface area (Å²) in [7, 11) is 2.81. The third-order valence-electron chi connectivity index (χ3n) is 3.21. The minimum Gasteiger partial charge on any atom is -0.464 e. The lowest BCUT2D eigenvalue weighted by atomic mass is 10.3. The lowest BCUT2D eigenvalue weighted by molar-refractivity contribution is 0.0588. The molecule has 1 aliphatic carbocycles. The molecule has 2 heterocycles. The van der Waals surface area contributed by atoms with Gasteiger partial charge in [0.1, 0.15) is 6.54 Å². The predicted octanol–water partition coefficient (Wildman–Crippen LogP) is 0.520. The molecule has 2 aromatic heterocycles. The number of carbonyl (C=O) groups is 1. The topological polar surface area (TPSA) is 105 Å². The maximum atomic E-state index is 11.6. The molecule has 0 N–H and O–H groups in total. The van der Waals surface area contributed by atoms with E-state index in [-0.39, 0.29) is 18.8 Å². The van der Waals surface area contributed by atoms with Crippen LogP contribution in [0, 0.1) is 0 Å². The van der Waals surface area contributed by atoms with Crippen molar-refractivity contribution in [1.82, 2.24) is 25.1 Å². The van der Waals surface area contributed by atoms with Gasteiger partial charge in [-0.15, -0.1) is 5.10 Å². The van der Waals surface area contributed by atoms with Crippen molar-refractivity contribution in [3.05, 3.63) is 23.1 Å². The van der Waals surface area contributed by atoms with Crippen LogP contribution in [0.15, 0.2) is 4.52 Å². The van der Waals surface area contributed by atoms with Crippen molar-refractivity contribution in [2.75, 3.05) is 14.2 Å². The molecule has 9 heteroatoms. The highest BCUT2D eigenvalue weighted by atomic mass is 16.5. The summed E-state index contributed by atoms with van der Waals surface area (Å²) >= 11 is 0. The van der Waals surface area contributed by atoms with Crippen molar-refractivity contribution in [1.29, 1.82) is 0 Å². The van der Waals surface area contributed by atoms with E-state index < -0.39 is 5.97 Å². The van der Waals surface area contributed by atoms with Crippen molar-refractivity contribution in [3.63, 3.8) is 0 Å². The summed E-state index contributed by atoms with van der Waals surface area (Å²) in [6.07, 6.45) is 2.20. The smallest absolute Gasteiger partial charge is 0.360 e. The number of ether oxygens (including phenoxy) is 2. The average molecular weight is 293 g/mol. The number of aromatic nitrogens is 5. The number of carbonyl (C=O) groups excluding carboxylic acids is 1. The zero-order valence-electron chi connectivity index (χ0n) is 11.8. The van der Waals surface area contributed by atoms with Gasteiger partial charge in [-0.25, -0.2) is 9.48 Å². The second kappa shape index (κ2) is 5.60. The predicted molar refractivity (Wildman–Crippen MR) is 67.4 cm³/mol. The van der Waals surface area contributed by atoms with Gasteiger partial charge in [-0.1, -0.05) is 10.4 Å². The fraction of sp³-hybridized carbons (Fsp3) is 0.583. The van der Waals surface area contributed by atoms with Crippen LogP contribution in [0.2, 0.25) is 0 Å². The fourth-order valence-electron chi connectivity index (χ4n) is 1.96. The first-order chi connectivity index (χ1) is 10.2. The molecule has 0 amide bonds. The van der Waals surface area contributed by atoms with E-state index in [0.717, 1.165) is 18.7 Å². The van der Waals surface area contributed by atoms with Gasteiger partial charge in [0.2, 0.25) is 5.89 Å². The molecule has 0 aliphatic heterocycles. The number of rotatable bonds is 6. The molecule has 0 saturated heterocycles. The Balaban J connectivity index is 1.82. The summed E-state index contributed by atoms with van der Waals surface area (Å²) in [4.78, 5) is 16.0. The Hall–Kier alpha value is -2.29. The number of esters is 1. The van der Waals surface area contributed by atoms with Crippen LogP contribution in [-0.4, -0.2) is 45.3 Å². The third-order valence-corrected chi connectivity index (χ3v) is 3.21. The lowest BCUT2D eigenvalue weighted by Gasteiger charge is -2.04. The lowest BCUT2D eigenvalue weighted by Crippen LogP contribution is -2.11. The van der Waals surface area contributed by atoms with Gasteiger partial charge >= 0.3 is 5.97 Å². The SMILES string of the molecule is COCc1c(C(=O)OC)nnn1Cc1nc(C2CC2)no1. The van der Waals surface area contributed by atoms with Gasteiger partial charge in [-0.2, -0.15) is 4.98 Å². The summed E-state index contributed by atoms with van der Waals surface area (Å²) < 4.78 is 16.4. The van der Waals surface area contributed by atoms with E-state index in [4.69, 9.17) is 9.26 Å². The van der Waals surface area contributed by atoms with Crippen molar-refractivity contribution in [2.45, 2.75) is 31.9 Å². The first kappa shape index (κ1) is 13.7. The summed E-state index contributed by atoms with van der Waals surface area (Å²) in [6, 6.07) is 0. The minimum absolute atomic E-state index is 0.126. The summed E-state index contributed by atoms with van der Waals surface area (Å²) in [5, 5.41) is 11.7. The second-order valence-corrected chi connectivity index (χ2v) is 4.79. The van der Waals surface area contributed by atoms with Crippen molar-refractivity contribution < 1.29 is 18.8 Å². The molecule has 0 radical (unpaired) electrons. The molecule has 1 aliphatic rings. The maximum absolute atomic E-state index is 11.6. The van der Waals surface area contributed by atoms with E-state index in [1.165, 1.54) is 18.9 Å². The minimum atomic E-state index is -0.558. The molecule has 9 nitrogen and oxygen atoms in total. The van der Waals surface area contributed by atoms with E-state index in [1.54, 1.807) is 0 Å². The molecule has 1 fully saturated rings. The zero-order chi connectivity index (χ0) is 14.8. The highest BCUT2D eigenvalue weighted by Crippen LogP contribution is 2.38. The fourth-order valence-corrected chi connectivity index (χ4v) is 1.96. The highest BCUT2D eigenvalue weighted by molar-refractivity contribution is 5.88. The second-order valence-electron chi connectivity index (χ2n) is 4.79. The van der Waals surface area contributed by atoms with Crippen LogP contribution in [0.25, 0.3) is 0 Å². The summed E-state index contributed by atoms with van der Waals surface area (Å²) in [5.41, 5.74) is 0.636. The Labute approximate surface area is 120 Å². The van der Waals surface area contributed by atoms with Gasteiger partial charge in [0, 0.05) is 13.0 Å². The molecule has 0 bridgehead atoms. The van der Waals surface area contributed by atoms with Crippen LogP contribution in [0.3, 0.4) is 0 Å². The van der Waals surface area contributed by atoms with E-state index >= 15 is 0 Å². The third kappa shape index (κ3) is 2.77. The normalized spacial score (nSPS) is 14.4. The Bertz CT molecular complexity index is 646. The molecule has 0 aromatic carbocycles. The molecule has 0 atom stereocenters. The Morgan fingerprint density at radius 2 is 2.24 bits per heavy atom. The maximum Gasteiger partial charge on any atom is 0.360 e. The largest absolute Gasteiger partial charge is 0.464 e. The van der Waals surface area contributed by atoms with E-state index in [1.807, 2.05) is 0 Å². The zero-order valence-corrected chi connectivity index (χ0v) is 11.8.